The van der Waals surface area contributed by atoms with Crippen LogP contribution in [0.25, 0.3) is 0 Å². The molecule has 0 fully saturated rings. The molecule has 0 bridgehead atoms. The normalized spacial score (nSPS) is 9.50. The molecule has 0 amide bonds. The second kappa shape index (κ2) is 4.04. The van der Waals surface area contributed by atoms with E-state index in [1.807, 2.05) is 6.07 Å². The Bertz CT molecular complexity index is 342. The van der Waals surface area contributed by atoms with Crippen molar-refractivity contribution in [1.82, 2.24) is 0 Å². The number of rotatable bonds is 1. The first-order valence-corrected chi connectivity index (χ1v) is 4.86. The molecule has 0 aliphatic heterocycles. The number of nitriles is 1. The van der Waals surface area contributed by atoms with E-state index in [2.05, 4.69) is 37.9 Å². The second-order valence-electron chi connectivity index (χ2n) is 2.20. The number of halogens is 2. The van der Waals surface area contributed by atoms with Crippen LogP contribution in [0.2, 0.25) is 0 Å². The summed E-state index contributed by atoms with van der Waals surface area (Å²) in [6, 6.07) is 5.64. The molecule has 0 spiro atoms. The summed E-state index contributed by atoms with van der Waals surface area (Å²) < 4.78 is 1.71. The van der Waals surface area contributed by atoms with Crippen LogP contribution in [0, 0.1) is 11.3 Å². The van der Waals surface area contributed by atoms with Crippen molar-refractivity contribution in [3.8, 4) is 6.07 Å². The van der Waals surface area contributed by atoms with E-state index in [0.717, 1.165) is 14.5 Å². The molecule has 0 atom stereocenters. The molecule has 1 aromatic rings. The van der Waals surface area contributed by atoms with Crippen molar-refractivity contribution in [2.24, 2.45) is 5.73 Å². The lowest BCUT2D eigenvalue weighted by molar-refractivity contribution is 1.05. The molecule has 0 aliphatic rings. The van der Waals surface area contributed by atoms with Crippen molar-refractivity contribution < 1.29 is 0 Å². The van der Waals surface area contributed by atoms with Crippen molar-refractivity contribution in [3.05, 3.63) is 32.2 Å². The minimum absolute atomic E-state index is 0.413. The monoisotopic (exact) mass is 288 g/mol. The highest BCUT2D eigenvalue weighted by Crippen LogP contribution is 2.27. The first kappa shape index (κ1) is 9.72. The average molecular weight is 290 g/mol. The van der Waals surface area contributed by atoms with Crippen LogP contribution in [0.5, 0.6) is 0 Å². The first-order valence-electron chi connectivity index (χ1n) is 3.27. The number of nitrogens with zero attached hydrogens (tertiary/aromatic N) is 1. The highest BCUT2D eigenvalue weighted by molar-refractivity contribution is 9.11. The quantitative estimate of drug-likeness (QED) is 0.864. The smallest absolute Gasteiger partial charge is 0.100 e. The summed E-state index contributed by atoms with van der Waals surface area (Å²) in [6.07, 6.45) is 0. The van der Waals surface area contributed by atoms with E-state index in [4.69, 9.17) is 11.0 Å². The lowest BCUT2D eigenvalue weighted by Crippen LogP contribution is -1.99. The van der Waals surface area contributed by atoms with Gasteiger partial charge < -0.3 is 5.73 Å². The lowest BCUT2D eigenvalue weighted by Gasteiger charge is -2.04. The number of hydrogen-bond donors (Lipinski definition) is 1. The molecule has 62 valence electrons. The lowest BCUT2D eigenvalue weighted by atomic mass is 10.1. The molecule has 1 rings (SSSR count). The van der Waals surface area contributed by atoms with E-state index in [1.54, 1.807) is 6.07 Å². The Morgan fingerprint density at radius 2 is 2.08 bits per heavy atom. The molecular weight excluding hydrogens is 284 g/mol. The molecule has 0 saturated carbocycles. The Kier molecular flexibility index (Phi) is 3.27. The topological polar surface area (TPSA) is 49.8 Å². The number of hydrogen-bond acceptors (Lipinski definition) is 2. The number of nitrogens with two attached hydrogens (primary N) is 1. The summed E-state index contributed by atoms with van der Waals surface area (Å²) in [5, 5.41) is 8.69. The Hall–Kier alpha value is -0.370. The van der Waals surface area contributed by atoms with Crippen LogP contribution in [0.3, 0.4) is 0 Å². The van der Waals surface area contributed by atoms with E-state index in [-0.39, 0.29) is 0 Å². The maximum atomic E-state index is 8.69. The summed E-state index contributed by atoms with van der Waals surface area (Å²) in [4.78, 5) is 0. The van der Waals surface area contributed by atoms with Gasteiger partial charge in [-0.15, -0.1) is 0 Å². The van der Waals surface area contributed by atoms with Crippen LogP contribution in [0.4, 0.5) is 0 Å². The van der Waals surface area contributed by atoms with Crippen molar-refractivity contribution in [1.29, 1.82) is 5.26 Å². The minimum atomic E-state index is 0.413. The van der Waals surface area contributed by atoms with Gasteiger partial charge in [0.2, 0.25) is 0 Å². The highest BCUT2D eigenvalue weighted by atomic mass is 79.9. The third-order valence-corrected chi connectivity index (χ3v) is 3.16. The van der Waals surface area contributed by atoms with Crippen LogP contribution >= 0.6 is 31.9 Å². The van der Waals surface area contributed by atoms with Gasteiger partial charge in [0.1, 0.15) is 6.07 Å². The van der Waals surface area contributed by atoms with E-state index in [1.165, 1.54) is 0 Å². The third kappa shape index (κ3) is 1.69. The summed E-state index contributed by atoms with van der Waals surface area (Å²) in [7, 11) is 0. The maximum absolute atomic E-state index is 8.69. The van der Waals surface area contributed by atoms with Crippen molar-refractivity contribution in [3.63, 3.8) is 0 Å². The van der Waals surface area contributed by atoms with Crippen LogP contribution in [-0.4, -0.2) is 0 Å². The Balaban J connectivity index is 3.36. The van der Waals surface area contributed by atoms with Crippen molar-refractivity contribution >= 4 is 31.9 Å². The highest BCUT2D eigenvalue weighted by Gasteiger charge is 2.07. The molecule has 0 aromatic heterocycles. The molecule has 0 radical (unpaired) electrons. The average Bonchev–Trinajstić information content (AvgIpc) is 2.06. The van der Waals surface area contributed by atoms with Gasteiger partial charge in [0.05, 0.1) is 5.56 Å². The van der Waals surface area contributed by atoms with Crippen LogP contribution in [-0.2, 0) is 6.54 Å². The summed E-state index contributed by atoms with van der Waals surface area (Å²) in [6.45, 7) is 0.413. The minimum Gasteiger partial charge on any atom is -0.326 e. The zero-order chi connectivity index (χ0) is 9.14. The summed E-state index contributed by atoms with van der Waals surface area (Å²) in [5.74, 6) is 0. The summed E-state index contributed by atoms with van der Waals surface area (Å²) >= 11 is 6.67. The largest absolute Gasteiger partial charge is 0.326 e. The second-order valence-corrected chi connectivity index (χ2v) is 3.85. The molecule has 2 N–H and O–H groups in total. The van der Waals surface area contributed by atoms with Gasteiger partial charge in [-0.1, -0.05) is 15.9 Å². The molecule has 2 nitrogen and oxygen atoms in total. The molecule has 0 heterocycles. The molecular formula is C8H6Br2N2. The Morgan fingerprint density at radius 1 is 1.42 bits per heavy atom. The fourth-order valence-corrected chi connectivity index (χ4v) is 2.23. The van der Waals surface area contributed by atoms with Gasteiger partial charge in [0, 0.05) is 15.5 Å². The van der Waals surface area contributed by atoms with Crippen molar-refractivity contribution in [2.75, 3.05) is 0 Å². The SMILES string of the molecule is N#Cc1ccc(Br)c(CN)c1Br. The summed E-state index contributed by atoms with van der Waals surface area (Å²) in [5.41, 5.74) is 7.04. The van der Waals surface area contributed by atoms with E-state index < -0.39 is 0 Å². The van der Waals surface area contributed by atoms with Gasteiger partial charge in [-0.2, -0.15) is 5.26 Å². The molecule has 4 heteroatoms. The van der Waals surface area contributed by atoms with Gasteiger partial charge in [-0.3, -0.25) is 0 Å². The Labute approximate surface area is 87.6 Å². The van der Waals surface area contributed by atoms with Gasteiger partial charge in [0.25, 0.3) is 0 Å². The first-order chi connectivity index (χ1) is 5.70. The molecule has 1 aromatic carbocycles. The fourth-order valence-electron chi connectivity index (χ4n) is 0.871. The van der Waals surface area contributed by atoms with E-state index >= 15 is 0 Å². The molecule has 12 heavy (non-hydrogen) atoms. The van der Waals surface area contributed by atoms with Crippen molar-refractivity contribution in [2.45, 2.75) is 6.54 Å². The van der Waals surface area contributed by atoms with E-state index in [9.17, 15) is 0 Å². The van der Waals surface area contributed by atoms with Gasteiger partial charge in [-0.25, -0.2) is 0 Å². The van der Waals surface area contributed by atoms with Gasteiger partial charge in [-0.05, 0) is 33.6 Å². The van der Waals surface area contributed by atoms with Gasteiger partial charge >= 0.3 is 0 Å². The molecule has 0 unspecified atom stereocenters. The van der Waals surface area contributed by atoms with E-state index in [0.29, 0.717) is 12.1 Å². The predicted octanol–water partition coefficient (Wildman–Crippen LogP) is 2.54. The predicted molar refractivity (Wildman–Crippen MR) is 54.4 cm³/mol. The zero-order valence-corrected chi connectivity index (χ0v) is 9.31. The van der Waals surface area contributed by atoms with Crippen LogP contribution in [0.1, 0.15) is 11.1 Å². The molecule has 0 saturated heterocycles. The zero-order valence-electron chi connectivity index (χ0n) is 6.14. The third-order valence-electron chi connectivity index (χ3n) is 1.51. The number of benzene rings is 1. The van der Waals surface area contributed by atoms with Crippen LogP contribution < -0.4 is 5.73 Å². The Morgan fingerprint density at radius 3 is 2.58 bits per heavy atom. The standard InChI is InChI=1S/C8H6Br2N2/c9-7-2-1-5(3-11)8(10)6(7)4-12/h1-2H,4,12H2. The molecule has 0 aliphatic carbocycles. The van der Waals surface area contributed by atoms with Crippen LogP contribution in [0.15, 0.2) is 21.1 Å². The fraction of sp³-hybridized carbons (Fsp3) is 0.125. The maximum Gasteiger partial charge on any atom is 0.100 e. The van der Waals surface area contributed by atoms with Gasteiger partial charge in [0.15, 0.2) is 0 Å².